The van der Waals surface area contributed by atoms with E-state index in [1.807, 2.05) is 37.3 Å². The van der Waals surface area contributed by atoms with Crippen molar-refractivity contribution in [2.45, 2.75) is 71.8 Å². The lowest BCUT2D eigenvalue weighted by atomic mass is 9.45. The Balaban J connectivity index is 1.63. The number of carbonyl (C=O) groups excluding carboxylic acids is 1. The van der Waals surface area contributed by atoms with E-state index in [-0.39, 0.29) is 29.1 Å². The number of anilines is 1. The summed E-state index contributed by atoms with van der Waals surface area (Å²) in [7, 11) is 0. The van der Waals surface area contributed by atoms with Gasteiger partial charge in [-0.25, -0.2) is 0 Å². The molecular weight excluding hydrogens is 382 g/mol. The molecule has 0 spiro atoms. The summed E-state index contributed by atoms with van der Waals surface area (Å²) in [5.41, 5.74) is 5.74. The molecule has 2 aliphatic rings. The van der Waals surface area contributed by atoms with Crippen LogP contribution in [0.25, 0.3) is 0 Å². The fraction of sp³-hybridized carbons (Fsp3) is 0.652. The van der Waals surface area contributed by atoms with Crippen LogP contribution >= 0.6 is 12.2 Å². The smallest absolute Gasteiger partial charge is 0.238 e. The quantitative estimate of drug-likeness (QED) is 0.434. The van der Waals surface area contributed by atoms with E-state index in [0.29, 0.717) is 11.0 Å². The maximum Gasteiger partial charge on any atom is 0.238 e. The normalized spacial score (nSPS) is 33.3. The Morgan fingerprint density at radius 3 is 2.48 bits per heavy atom. The molecule has 29 heavy (non-hydrogen) atoms. The van der Waals surface area contributed by atoms with Gasteiger partial charge in [-0.1, -0.05) is 45.4 Å². The molecule has 0 unspecified atom stereocenters. The zero-order chi connectivity index (χ0) is 21.3. The highest BCUT2D eigenvalue weighted by Crippen LogP contribution is 2.62. The SMILES string of the molecule is CC1(C)CCC[C@]2(C)[C@@H]1CC[C@@](C)(O)[C@H]2CC(=O)NNC(=S)Nc1ccccc1. The lowest BCUT2D eigenvalue weighted by Crippen LogP contribution is -2.59. The summed E-state index contributed by atoms with van der Waals surface area (Å²) >= 11 is 5.26. The van der Waals surface area contributed by atoms with Crippen LogP contribution in [0.5, 0.6) is 0 Å². The summed E-state index contributed by atoms with van der Waals surface area (Å²) in [4.78, 5) is 12.8. The first kappa shape index (κ1) is 22.0. The van der Waals surface area contributed by atoms with Crippen molar-refractivity contribution >= 4 is 28.9 Å². The minimum absolute atomic E-state index is 0.0381. The summed E-state index contributed by atoms with van der Waals surface area (Å²) in [5, 5.41) is 14.6. The van der Waals surface area contributed by atoms with Crippen molar-refractivity contribution in [1.29, 1.82) is 0 Å². The molecule has 2 fully saturated rings. The minimum atomic E-state index is -0.835. The Morgan fingerprint density at radius 2 is 1.79 bits per heavy atom. The highest BCUT2D eigenvalue weighted by atomic mass is 32.1. The van der Waals surface area contributed by atoms with Gasteiger partial charge >= 0.3 is 0 Å². The molecule has 1 aromatic carbocycles. The van der Waals surface area contributed by atoms with E-state index in [0.717, 1.165) is 31.4 Å². The second-order valence-electron chi connectivity index (χ2n) is 10.0. The average molecular weight is 418 g/mol. The van der Waals surface area contributed by atoms with Gasteiger partial charge in [0.1, 0.15) is 0 Å². The molecule has 0 heterocycles. The summed E-state index contributed by atoms with van der Waals surface area (Å²) in [6.45, 7) is 8.89. The molecule has 0 aromatic heterocycles. The number of fused-ring (bicyclic) bond motifs is 1. The molecule has 1 aromatic rings. The van der Waals surface area contributed by atoms with Gasteiger partial charge in [0.2, 0.25) is 5.91 Å². The monoisotopic (exact) mass is 417 g/mol. The molecule has 4 atom stereocenters. The molecule has 2 aliphatic carbocycles. The third-order valence-electron chi connectivity index (χ3n) is 7.50. The number of aliphatic hydroxyl groups is 1. The van der Waals surface area contributed by atoms with Gasteiger partial charge in [0, 0.05) is 18.0 Å². The Kier molecular flexibility index (Phi) is 6.25. The molecule has 0 saturated heterocycles. The van der Waals surface area contributed by atoms with Crippen LogP contribution in [0.15, 0.2) is 30.3 Å². The number of para-hydroxylation sites is 1. The third-order valence-corrected chi connectivity index (χ3v) is 7.70. The Bertz CT molecular complexity index is 750. The van der Waals surface area contributed by atoms with Gasteiger partial charge in [-0.15, -0.1) is 0 Å². The number of thiocarbonyl (C=S) groups is 1. The van der Waals surface area contributed by atoms with Crippen molar-refractivity contribution in [2.24, 2.45) is 22.7 Å². The van der Waals surface area contributed by atoms with E-state index in [1.165, 1.54) is 6.42 Å². The number of carbonyl (C=O) groups is 1. The van der Waals surface area contributed by atoms with Crippen molar-refractivity contribution in [3.63, 3.8) is 0 Å². The molecule has 0 bridgehead atoms. The standard InChI is InChI=1S/C23H35N3O2S/c1-21(2)12-8-13-22(3)17(21)11-14-23(4,28)18(22)15-19(27)25-26-20(29)24-16-9-6-5-7-10-16/h5-7,9-10,17-18,28H,8,11-15H2,1-4H3,(H,25,27)(H2,24,26,29)/t17-,18+,22-,23-/m1/s1. The lowest BCUT2D eigenvalue weighted by Gasteiger charge is -2.61. The van der Waals surface area contributed by atoms with Crippen molar-refractivity contribution in [3.05, 3.63) is 30.3 Å². The number of amides is 1. The minimum Gasteiger partial charge on any atom is -0.390 e. The van der Waals surface area contributed by atoms with E-state index in [4.69, 9.17) is 12.2 Å². The van der Waals surface area contributed by atoms with Crippen LogP contribution in [0.2, 0.25) is 0 Å². The van der Waals surface area contributed by atoms with Crippen LogP contribution in [0, 0.1) is 22.7 Å². The number of hydrogen-bond donors (Lipinski definition) is 4. The van der Waals surface area contributed by atoms with E-state index in [9.17, 15) is 9.90 Å². The van der Waals surface area contributed by atoms with E-state index in [2.05, 4.69) is 36.9 Å². The number of hydrazine groups is 1. The fourth-order valence-electron chi connectivity index (χ4n) is 6.12. The van der Waals surface area contributed by atoms with E-state index < -0.39 is 5.60 Å². The molecule has 6 heteroatoms. The number of benzene rings is 1. The maximum absolute atomic E-state index is 12.8. The van der Waals surface area contributed by atoms with Crippen molar-refractivity contribution in [2.75, 3.05) is 5.32 Å². The lowest BCUT2D eigenvalue weighted by molar-refractivity contribution is -0.173. The topological polar surface area (TPSA) is 73.4 Å². The predicted molar refractivity (Wildman–Crippen MR) is 121 cm³/mol. The largest absolute Gasteiger partial charge is 0.390 e. The molecule has 0 radical (unpaired) electrons. The van der Waals surface area contributed by atoms with Crippen LogP contribution in [0.4, 0.5) is 5.69 Å². The van der Waals surface area contributed by atoms with E-state index >= 15 is 0 Å². The van der Waals surface area contributed by atoms with Gasteiger partial charge < -0.3 is 10.4 Å². The van der Waals surface area contributed by atoms with Gasteiger partial charge in [0.05, 0.1) is 5.60 Å². The first-order chi connectivity index (χ1) is 13.5. The van der Waals surface area contributed by atoms with Gasteiger partial charge in [-0.05, 0) is 73.7 Å². The predicted octanol–water partition coefficient (Wildman–Crippen LogP) is 4.39. The summed E-state index contributed by atoms with van der Waals surface area (Å²) < 4.78 is 0. The zero-order valence-electron chi connectivity index (χ0n) is 18.0. The molecule has 160 valence electrons. The highest BCUT2D eigenvalue weighted by molar-refractivity contribution is 7.80. The summed E-state index contributed by atoms with van der Waals surface area (Å²) in [6, 6.07) is 9.57. The number of nitrogens with one attached hydrogen (secondary N) is 3. The first-order valence-electron chi connectivity index (χ1n) is 10.7. The Labute approximate surface area is 180 Å². The second-order valence-corrected chi connectivity index (χ2v) is 10.5. The Hall–Kier alpha value is -1.66. The van der Waals surface area contributed by atoms with Crippen LogP contribution in [0.3, 0.4) is 0 Å². The zero-order valence-corrected chi connectivity index (χ0v) is 18.9. The Morgan fingerprint density at radius 1 is 1.10 bits per heavy atom. The molecule has 2 saturated carbocycles. The van der Waals surface area contributed by atoms with Crippen molar-refractivity contribution in [1.82, 2.24) is 10.9 Å². The molecule has 1 amide bonds. The highest BCUT2D eigenvalue weighted by Gasteiger charge is 2.58. The van der Waals surface area contributed by atoms with Crippen molar-refractivity contribution in [3.8, 4) is 0 Å². The second kappa shape index (κ2) is 8.23. The summed E-state index contributed by atoms with van der Waals surface area (Å²) in [6.07, 6.45) is 5.49. The molecule has 4 N–H and O–H groups in total. The molecular formula is C23H35N3O2S. The molecule has 0 aliphatic heterocycles. The molecule has 5 nitrogen and oxygen atoms in total. The van der Waals surface area contributed by atoms with Gasteiger partial charge in [0.15, 0.2) is 5.11 Å². The van der Waals surface area contributed by atoms with Crippen LogP contribution in [-0.2, 0) is 4.79 Å². The third kappa shape index (κ3) is 4.75. The van der Waals surface area contributed by atoms with Gasteiger partial charge in [-0.3, -0.25) is 15.6 Å². The first-order valence-corrected chi connectivity index (χ1v) is 11.1. The maximum atomic E-state index is 12.8. The summed E-state index contributed by atoms with van der Waals surface area (Å²) in [5.74, 6) is 0.305. The fourth-order valence-corrected chi connectivity index (χ4v) is 6.29. The van der Waals surface area contributed by atoms with Crippen LogP contribution in [0.1, 0.15) is 66.2 Å². The van der Waals surface area contributed by atoms with Crippen LogP contribution < -0.4 is 16.2 Å². The average Bonchev–Trinajstić information content (AvgIpc) is 2.63. The molecule has 3 rings (SSSR count). The number of rotatable bonds is 3. The van der Waals surface area contributed by atoms with E-state index in [1.54, 1.807) is 0 Å². The van der Waals surface area contributed by atoms with Crippen LogP contribution in [-0.4, -0.2) is 21.7 Å². The number of hydrogen-bond acceptors (Lipinski definition) is 3. The van der Waals surface area contributed by atoms with Gasteiger partial charge in [0.25, 0.3) is 0 Å². The van der Waals surface area contributed by atoms with Crippen molar-refractivity contribution < 1.29 is 9.90 Å². The van der Waals surface area contributed by atoms with Gasteiger partial charge in [-0.2, -0.15) is 0 Å².